The van der Waals surface area contributed by atoms with Gasteiger partial charge in [0, 0.05) is 0 Å². The molecule has 2 rings (SSSR count). The first-order valence-corrected chi connectivity index (χ1v) is 5.83. The number of rotatable bonds is 3. The first kappa shape index (κ1) is 14.3. The van der Waals surface area contributed by atoms with Crippen molar-refractivity contribution in [3.63, 3.8) is 0 Å². The number of H-pyrrole nitrogens is 2. The molecule has 1 aromatic heterocycles. The predicted octanol–water partition coefficient (Wildman–Crippen LogP) is 0.608. The highest BCUT2D eigenvalue weighted by molar-refractivity contribution is 6.01. The summed E-state index contributed by atoms with van der Waals surface area (Å²) >= 11 is 0. The zero-order valence-corrected chi connectivity index (χ0v) is 10.9. The second-order valence-corrected chi connectivity index (χ2v) is 4.18. The summed E-state index contributed by atoms with van der Waals surface area (Å²) in [7, 11) is 0. The van der Waals surface area contributed by atoms with Crippen LogP contribution in [-0.4, -0.2) is 31.9 Å². The van der Waals surface area contributed by atoms with Crippen molar-refractivity contribution in [1.29, 1.82) is 0 Å². The highest BCUT2D eigenvalue weighted by atomic mass is 16.4. The van der Waals surface area contributed by atoms with Crippen LogP contribution in [0.25, 0.3) is 0 Å². The van der Waals surface area contributed by atoms with Crippen molar-refractivity contribution < 1.29 is 15.0 Å². The number of carboxylic acid groups (broad SMARTS) is 1. The summed E-state index contributed by atoms with van der Waals surface area (Å²) in [6, 6.07) is 5.66. The molecule has 2 aromatic rings. The maximum Gasteiger partial charge on any atom is 0.335 e. The number of aromatic nitrogens is 2. The molecular weight excluding hydrogens is 278 g/mol. The van der Waals surface area contributed by atoms with Gasteiger partial charge in [0.2, 0.25) is 5.88 Å². The van der Waals surface area contributed by atoms with E-state index < -0.39 is 23.1 Å². The Hall–Kier alpha value is -3.16. The monoisotopic (exact) mass is 289 g/mol. The van der Waals surface area contributed by atoms with Crippen LogP contribution in [0.1, 0.15) is 22.8 Å². The number of aromatic hydroxyl groups is 1. The molecule has 1 heterocycles. The molecule has 0 radical (unpaired) electrons. The second-order valence-electron chi connectivity index (χ2n) is 4.18. The molecule has 1 aromatic carbocycles. The van der Waals surface area contributed by atoms with Crippen molar-refractivity contribution in [1.82, 2.24) is 9.97 Å². The Morgan fingerprint density at radius 2 is 1.76 bits per heavy atom. The third kappa shape index (κ3) is 3.06. The Labute approximate surface area is 117 Å². The van der Waals surface area contributed by atoms with E-state index in [0.29, 0.717) is 5.69 Å². The standard InChI is InChI=1S/C13H11N3O5/c1-6(9-10(17)15-13(21)16-11(9)18)14-8-4-2-7(3-5-8)12(19)20/h2-5H,1H3,(H,19,20)(H3,15,16,17,18,21). The van der Waals surface area contributed by atoms with E-state index in [9.17, 15) is 19.5 Å². The molecule has 0 bridgehead atoms. The van der Waals surface area contributed by atoms with E-state index in [0.717, 1.165) is 0 Å². The molecule has 0 saturated carbocycles. The van der Waals surface area contributed by atoms with Crippen LogP contribution >= 0.6 is 0 Å². The number of carboxylic acids is 1. The molecule has 0 unspecified atom stereocenters. The lowest BCUT2D eigenvalue weighted by atomic mass is 10.2. The van der Waals surface area contributed by atoms with Crippen LogP contribution in [0.2, 0.25) is 0 Å². The topological polar surface area (TPSA) is 136 Å². The van der Waals surface area contributed by atoms with Crippen molar-refractivity contribution in [3.8, 4) is 5.88 Å². The fraction of sp³-hybridized carbons (Fsp3) is 0.0769. The number of carbonyl (C=O) groups is 1. The lowest BCUT2D eigenvalue weighted by Gasteiger charge is -2.02. The minimum absolute atomic E-state index is 0.108. The van der Waals surface area contributed by atoms with Gasteiger partial charge in [-0.05, 0) is 31.2 Å². The van der Waals surface area contributed by atoms with Gasteiger partial charge in [-0.3, -0.25) is 19.8 Å². The normalized spacial score (nSPS) is 11.4. The summed E-state index contributed by atoms with van der Waals surface area (Å²) in [4.78, 5) is 41.5. The number of hydrogen-bond acceptors (Lipinski definition) is 5. The average molecular weight is 289 g/mol. The van der Waals surface area contributed by atoms with Gasteiger partial charge in [0.15, 0.2) is 0 Å². The molecule has 0 fully saturated rings. The van der Waals surface area contributed by atoms with Gasteiger partial charge in [0.05, 0.1) is 17.0 Å². The van der Waals surface area contributed by atoms with Crippen LogP contribution < -0.4 is 11.2 Å². The number of aromatic carboxylic acids is 1. The van der Waals surface area contributed by atoms with E-state index in [2.05, 4.69) is 9.98 Å². The lowest BCUT2D eigenvalue weighted by molar-refractivity contribution is 0.0697. The van der Waals surface area contributed by atoms with Crippen molar-refractivity contribution in [2.24, 2.45) is 4.99 Å². The van der Waals surface area contributed by atoms with Crippen molar-refractivity contribution in [2.75, 3.05) is 0 Å². The zero-order chi connectivity index (χ0) is 15.6. The van der Waals surface area contributed by atoms with Crippen molar-refractivity contribution in [2.45, 2.75) is 6.92 Å². The Kier molecular flexibility index (Phi) is 3.70. The number of hydrogen-bond donors (Lipinski definition) is 4. The molecule has 0 aliphatic rings. The van der Waals surface area contributed by atoms with E-state index in [-0.39, 0.29) is 16.8 Å². The third-order valence-electron chi connectivity index (χ3n) is 2.70. The summed E-state index contributed by atoms with van der Waals surface area (Å²) in [5, 5.41) is 18.4. The van der Waals surface area contributed by atoms with E-state index in [1.165, 1.54) is 31.2 Å². The van der Waals surface area contributed by atoms with Gasteiger partial charge in [-0.25, -0.2) is 9.59 Å². The Bertz CT molecular complexity index is 830. The van der Waals surface area contributed by atoms with Crippen LogP contribution in [0.15, 0.2) is 38.8 Å². The van der Waals surface area contributed by atoms with Gasteiger partial charge in [0.25, 0.3) is 5.56 Å². The van der Waals surface area contributed by atoms with E-state index in [4.69, 9.17) is 5.11 Å². The Morgan fingerprint density at radius 1 is 1.14 bits per heavy atom. The largest absolute Gasteiger partial charge is 0.494 e. The highest BCUT2D eigenvalue weighted by Crippen LogP contribution is 2.16. The SMILES string of the molecule is CC(=Nc1ccc(C(=O)O)cc1)c1c(O)[nH]c(=O)[nH]c1=O. The smallest absolute Gasteiger partial charge is 0.335 e. The summed E-state index contributed by atoms with van der Waals surface area (Å²) in [5.41, 5.74) is -1.05. The lowest BCUT2D eigenvalue weighted by Crippen LogP contribution is -2.27. The predicted molar refractivity (Wildman–Crippen MR) is 74.6 cm³/mol. The summed E-state index contributed by atoms with van der Waals surface area (Å²) in [6.45, 7) is 1.48. The van der Waals surface area contributed by atoms with Gasteiger partial charge in [-0.15, -0.1) is 0 Å². The minimum atomic E-state index is -1.06. The fourth-order valence-electron chi connectivity index (χ4n) is 1.74. The van der Waals surface area contributed by atoms with Gasteiger partial charge < -0.3 is 10.2 Å². The minimum Gasteiger partial charge on any atom is -0.494 e. The van der Waals surface area contributed by atoms with Crippen LogP contribution in [0.3, 0.4) is 0 Å². The van der Waals surface area contributed by atoms with E-state index >= 15 is 0 Å². The zero-order valence-electron chi connectivity index (χ0n) is 10.9. The van der Waals surface area contributed by atoms with Gasteiger partial charge in [-0.2, -0.15) is 0 Å². The molecule has 0 spiro atoms. The van der Waals surface area contributed by atoms with Crippen molar-refractivity contribution >= 4 is 17.4 Å². The number of aromatic amines is 2. The second kappa shape index (κ2) is 5.45. The number of aliphatic imine (C=N–C) groups is 1. The molecular formula is C13H11N3O5. The fourth-order valence-corrected chi connectivity index (χ4v) is 1.74. The van der Waals surface area contributed by atoms with E-state index in [1.54, 1.807) is 0 Å². The Balaban J connectivity index is 2.44. The molecule has 21 heavy (non-hydrogen) atoms. The highest BCUT2D eigenvalue weighted by Gasteiger charge is 2.12. The summed E-state index contributed by atoms with van der Waals surface area (Å²) in [5.74, 6) is -1.64. The molecule has 0 aliphatic heterocycles. The molecule has 8 heteroatoms. The number of nitrogens with zero attached hydrogens (tertiary/aromatic N) is 1. The Morgan fingerprint density at radius 3 is 2.29 bits per heavy atom. The maximum atomic E-state index is 11.6. The number of benzene rings is 1. The summed E-state index contributed by atoms with van der Waals surface area (Å²) < 4.78 is 0. The van der Waals surface area contributed by atoms with Crippen molar-refractivity contribution in [3.05, 3.63) is 56.2 Å². The van der Waals surface area contributed by atoms with Crippen LogP contribution in [-0.2, 0) is 0 Å². The number of nitrogens with one attached hydrogen (secondary N) is 2. The van der Waals surface area contributed by atoms with E-state index in [1.807, 2.05) is 4.98 Å². The molecule has 4 N–H and O–H groups in total. The van der Waals surface area contributed by atoms with Gasteiger partial charge in [0.1, 0.15) is 5.56 Å². The van der Waals surface area contributed by atoms with Gasteiger partial charge in [-0.1, -0.05) is 0 Å². The first-order valence-electron chi connectivity index (χ1n) is 5.83. The molecule has 0 aliphatic carbocycles. The quantitative estimate of drug-likeness (QED) is 0.614. The molecule has 0 saturated heterocycles. The van der Waals surface area contributed by atoms with Crippen LogP contribution in [0.5, 0.6) is 5.88 Å². The average Bonchev–Trinajstić information content (AvgIpc) is 2.37. The molecule has 0 atom stereocenters. The van der Waals surface area contributed by atoms with Crippen LogP contribution in [0, 0.1) is 0 Å². The molecule has 0 amide bonds. The van der Waals surface area contributed by atoms with Gasteiger partial charge >= 0.3 is 11.7 Å². The maximum absolute atomic E-state index is 11.6. The molecule has 8 nitrogen and oxygen atoms in total. The third-order valence-corrected chi connectivity index (χ3v) is 2.70. The summed E-state index contributed by atoms with van der Waals surface area (Å²) in [6.07, 6.45) is 0. The first-order chi connectivity index (χ1) is 9.88. The molecule has 108 valence electrons. The van der Waals surface area contributed by atoms with Crippen LogP contribution in [0.4, 0.5) is 5.69 Å².